The van der Waals surface area contributed by atoms with E-state index < -0.39 is 10.0 Å². The molecule has 0 amide bonds. The average Bonchev–Trinajstić information content (AvgIpc) is 3.04. The molecule has 142 valence electrons. The van der Waals surface area contributed by atoms with Crippen LogP contribution in [-0.2, 0) is 16.6 Å². The molecule has 8 heteroatoms. The fraction of sp³-hybridized carbons (Fsp3) is 0.588. The monoisotopic (exact) mass is 480 g/mol. The van der Waals surface area contributed by atoms with Crippen LogP contribution in [0, 0.1) is 5.41 Å². The molecule has 25 heavy (non-hydrogen) atoms. The summed E-state index contributed by atoms with van der Waals surface area (Å²) in [7, 11) is -1.94. The molecule has 4 N–H and O–H groups in total. The summed E-state index contributed by atoms with van der Waals surface area (Å²) in [6.07, 6.45) is 6.32. The number of nitrogens with two attached hydrogens (primary N) is 1. The molecule has 6 nitrogen and oxygen atoms in total. The van der Waals surface area contributed by atoms with Gasteiger partial charge in [0.15, 0.2) is 5.96 Å². The largest absolute Gasteiger partial charge is 0.356 e. The second-order valence-corrected chi connectivity index (χ2v) is 8.09. The Kier molecular flexibility index (Phi) is 8.62. The van der Waals surface area contributed by atoms with Crippen molar-refractivity contribution in [3.63, 3.8) is 0 Å². The van der Waals surface area contributed by atoms with Crippen molar-refractivity contribution in [2.45, 2.75) is 50.5 Å². The highest BCUT2D eigenvalue weighted by Crippen LogP contribution is 2.40. The second kappa shape index (κ2) is 9.72. The van der Waals surface area contributed by atoms with Gasteiger partial charge in [0.25, 0.3) is 0 Å². The number of sulfonamides is 1. The second-order valence-electron chi connectivity index (χ2n) is 6.53. The average molecular weight is 480 g/mol. The lowest BCUT2D eigenvalue weighted by Gasteiger charge is -2.28. The summed E-state index contributed by atoms with van der Waals surface area (Å²) in [6, 6.07) is 6.63. The molecular formula is C17H29IN4O2S. The van der Waals surface area contributed by atoms with Crippen LogP contribution in [0.15, 0.2) is 34.2 Å². The van der Waals surface area contributed by atoms with Crippen LogP contribution in [0.25, 0.3) is 0 Å². The molecule has 1 saturated carbocycles. The lowest BCUT2D eigenvalue weighted by molar-refractivity contribution is 0.283. The first-order chi connectivity index (χ1) is 11.4. The Morgan fingerprint density at radius 2 is 1.96 bits per heavy atom. The first kappa shape index (κ1) is 22.2. The molecule has 1 aliphatic carbocycles. The summed E-state index contributed by atoms with van der Waals surface area (Å²) in [5.74, 6) is 0.732. The Hall–Kier alpha value is -0.870. The van der Waals surface area contributed by atoms with Gasteiger partial charge in [-0.15, -0.1) is 24.0 Å². The molecule has 0 bridgehead atoms. The van der Waals surface area contributed by atoms with E-state index in [1.165, 1.54) is 38.2 Å². The fourth-order valence-electron chi connectivity index (χ4n) is 3.29. The van der Waals surface area contributed by atoms with Gasteiger partial charge in [-0.1, -0.05) is 31.9 Å². The van der Waals surface area contributed by atoms with Gasteiger partial charge in [0, 0.05) is 20.1 Å². The van der Waals surface area contributed by atoms with Gasteiger partial charge in [0.1, 0.15) is 0 Å². The molecule has 1 fully saturated rings. The van der Waals surface area contributed by atoms with Crippen molar-refractivity contribution < 1.29 is 8.42 Å². The molecule has 2 rings (SSSR count). The number of nitrogens with one attached hydrogen (secondary N) is 2. The number of hydrogen-bond donors (Lipinski definition) is 3. The number of aliphatic imine (C=N–C) groups is 1. The number of benzene rings is 1. The molecule has 1 aliphatic rings. The van der Waals surface area contributed by atoms with Crippen molar-refractivity contribution in [2.75, 3.05) is 13.6 Å². The van der Waals surface area contributed by atoms with Gasteiger partial charge in [0.2, 0.25) is 10.0 Å². The zero-order valence-corrected chi connectivity index (χ0v) is 18.1. The number of hydrogen-bond acceptors (Lipinski definition) is 3. The van der Waals surface area contributed by atoms with Crippen molar-refractivity contribution >= 4 is 40.0 Å². The van der Waals surface area contributed by atoms with Crippen LogP contribution >= 0.6 is 24.0 Å². The zero-order valence-electron chi connectivity index (χ0n) is 14.9. The molecule has 0 aromatic heterocycles. The minimum absolute atomic E-state index is 0. The Balaban J connectivity index is 0.00000312. The highest BCUT2D eigenvalue weighted by atomic mass is 127. The molecule has 0 aliphatic heterocycles. The molecule has 0 heterocycles. The minimum atomic E-state index is -3.68. The Bertz CT molecular complexity index is 686. The normalized spacial score (nSPS) is 17.0. The highest BCUT2D eigenvalue weighted by Gasteiger charge is 2.31. The van der Waals surface area contributed by atoms with Crippen molar-refractivity contribution in [3.05, 3.63) is 29.8 Å². The van der Waals surface area contributed by atoms with E-state index in [1.807, 2.05) is 6.07 Å². The predicted molar refractivity (Wildman–Crippen MR) is 113 cm³/mol. The predicted octanol–water partition coefficient (Wildman–Crippen LogP) is 2.59. The Morgan fingerprint density at radius 3 is 2.52 bits per heavy atom. The molecule has 0 saturated heterocycles. The molecule has 0 radical (unpaired) electrons. The first-order valence-corrected chi connectivity index (χ1v) is 9.99. The summed E-state index contributed by atoms with van der Waals surface area (Å²) in [4.78, 5) is 4.38. The van der Waals surface area contributed by atoms with Crippen molar-refractivity contribution in [1.82, 2.24) is 10.6 Å². The smallest absolute Gasteiger partial charge is 0.238 e. The summed E-state index contributed by atoms with van der Waals surface area (Å²) in [5.41, 5.74) is 1.22. The van der Waals surface area contributed by atoms with Crippen LogP contribution in [0.2, 0.25) is 0 Å². The third kappa shape index (κ3) is 6.41. The highest BCUT2D eigenvalue weighted by molar-refractivity contribution is 14.0. The molecule has 1 aromatic rings. The molecular weight excluding hydrogens is 451 g/mol. The van der Waals surface area contributed by atoms with Crippen LogP contribution in [-0.4, -0.2) is 28.0 Å². The lowest BCUT2D eigenvalue weighted by atomic mass is 9.83. The van der Waals surface area contributed by atoms with Crippen LogP contribution in [0.4, 0.5) is 0 Å². The summed E-state index contributed by atoms with van der Waals surface area (Å²) in [6.45, 7) is 3.66. The third-order valence-corrected chi connectivity index (χ3v) is 5.87. The number of halogens is 1. The van der Waals surface area contributed by atoms with Gasteiger partial charge < -0.3 is 10.6 Å². The Morgan fingerprint density at radius 1 is 1.28 bits per heavy atom. The standard InChI is InChI=1S/C17H28N4O2S.HI/c1-3-17(9-4-5-10-17)13-21-16(19-2)20-12-14-7-6-8-15(11-14)24(18,22)23;/h6-8,11H,3-5,9-10,12-13H2,1-2H3,(H2,18,22,23)(H2,19,20,21);1H. The van der Waals surface area contributed by atoms with Crippen molar-refractivity contribution in [3.8, 4) is 0 Å². The summed E-state index contributed by atoms with van der Waals surface area (Å²) >= 11 is 0. The van der Waals surface area contributed by atoms with Crippen LogP contribution in [0.3, 0.4) is 0 Å². The SMILES string of the molecule is CCC1(CNC(=NC)NCc2cccc(S(N)(=O)=O)c2)CCCC1.I. The van der Waals surface area contributed by atoms with Gasteiger partial charge in [-0.25, -0.2) is 13.6 Å². The van der Waals surface area contributed by atoms with Crippen LogP contribution in [0.5, 0.6) is 0 Å². The zero-order chi connectivity index (χ0) is 17.6. The van der Waals surface area contributed by atoms with E-state index in [4.69, 9.17) is 5.14 Å². The number of guanidine groups is 1. The van der Waals surface area contributed by atoms with E-state index in [9.17, 15) is 8.42 Å². The van der Waals surface area contributed by atoms with E-state index in [-0.39, 0.29) is 28.9 Å². The van der Waals surface area contributed by atoms with Crippen molar-refractivity contribution in [1.29, 1.82) is 0 Å². The fourth-order valence-corrected chi connectivity index (χ4v) is 3.87. The van der Waals surface area contributed by atoms with Gasteiger partial charge in [-0.05, 0) is 42.4 Å². The molecule has 0 unspecified atom stereocenters. The topological polar surface area (TPSA) is 96.6 Å². The molecule has 0 spiro atoms. The number of rotatable bonds is 6. The van der Waals surface area contributed by atoms with Crippen LogP contribution < -0.4 is 15.8 Å². The number of nitrogens with zero attached hydrogens (tertiary/aromatic N) is 1. The van der Waals surface area contributed by atoms with E-state index in [2.05, 4.69) is 22.5 Å². The third-order valence-electron chi connectivity index (χ3n) is 4.96. The van der Waals surface area contributed by atoms with Crippen molar-refractivity contribution in [2.24, 2.45) is 15.5 Å². The van der Waals surface area contributed by atoms with E-state index in [0.717, 1.165) is 18.1 Å². The van der Waals surface area contributed by atoms with Gasteiger partial charge in [-0.3, -0.25) is 4.99 Å². The van der Waals surface area contributed by atoms with E-state index in [1.54, 1.807) is 19.2 Å². The van der Waals surface area contributed by atoms with Gasteiger partial charge >= 0.3 is 0 Å². The number of primary sulfonamides is 1. The van der Waals surface area contributed by atoms with Gasteiger partial charge in [-0.2, -0.15) is 0 Å². The quantitative estimate of drug-likeness (QED) is 0.331. The molecule has 1 aromatic carbocycles. The van der Waals surface area contributed by atoms with E-state index >= 15 is 0 Å². The maximum Gasteiger partial charge on any atom is 0.238 e. The van der Waals surface area contributed by atoms with Gasteiger partial charge in [0.05, 0.1) is 4.90 Å². The van der Waals surface area contributed by atoms with Crippen LogP contribution in [0.1, 0.15) is 44.6 Å². The first-order valence-electron chi connectivity index (χ1n) is 8.45. The Labute approximate surface area is 168 Å². The minimum Gasteiger partial charge on any atom is -0.356 e. The lowest BCUT2D eigenvalue weighted by Crippen LogP contribution is -2.42. The maximum absolute atomic E-state index is 11.4. The summed E-state index contributed by atoms with van der Waals surface area (Å²) < 4.78 is 22.8. The summed E-state index contributed by atoms with van der Waals surface area (Å²) in [5, 5.41) is 11.8. The molecule has 0 atom stereocenters. The van der Waals surface area contributed by atoms with E-state index in [0.29, 0.717) is 12.0 Å². The maximum atomic E-state index is 11.4.